The predicted octanol–water partition coefficient (Wildman–Crippen LogP) is 13.8. The molecule has 0 atom stereocenters. The molecule has 266 valence electrons. The second kappa shape index (κ2) is 14.0. The molecule has 0 fully saturated rings. The molecule has 8 bridgehead atoms. The van der Waals surface area contributed by atoms with Crippen LogP contribution in [0, 0.1) is 10.1 Å². The third-order valence-corrected chi connectivity index (χ3v) is 10.5. The van der Waals surface area contributed by atoms with E-state index in [1.165, 1.54) is 6.07 Å². The summed E-state index contributed by atoms with van der Waals surface area (Å²) in [6.07, 6.45) is 7.88. The first kappa shape index (κ1) is 34.8. The lowest BCUT2D eigenvalue weighted by atomic mass is 10.0. The molecule has 0 aliphatic carbocycles. The topological polar surface area (TPSA) is 100 Å². The van der Waals surface area contributed by atoms with E-state index < -0.39 is 4.92 Å². The van der Waals surface area contributed by atoms with Crippen LogP contribution in [0.4, 0.5) is 5.69 Å². The van der Waals surface area contributed by atoms with Crippen LogP contribution < -0.4 is 0 Å². The van der Waals surface area contributed by atoms with E-state index in [2.05, 4.69) is 9.97 Å². The maximum atomic E-state index is 11.7. The largest absolute Gasteiger partial charge is 0.354 e. The van der Waals surface area contributed by atoms with Crippen molar-refractivity contribution in [3.05, 3.63) is 168 Å². The van der Waals surface area contributed by atoms with E-state index in [0.29, 0.717) is 48.8 Å². The van der Waals surface area contributed by atoms with Crippen LogP contribution in [0.2, 0.25) is 20.1 Å². The lowest BCUT2D eigenvalue weighted by Crippen LogP contribution is -1.91. The summed E-state index contributed by atoms with van der Waals surface area (Å²) < 4.78 is 0. The van der Waals surface area contributed by atoms with Gasteiger partial charge in [0.1, 0.15) is 5.02 Å². The fraction of sp³-hybridized carbons (Fsp3) is 0. The summed E-state index contributed by atoms with van der Waals surface area (Å²) in [6, 6.07) is 35.7. The number of aromatic amines is 2. The fourth-order valence-electron chi connectivity index (χ4n) is 7.16. The first-order chi connectivity index (χ1) is 26.7. The molecule has 0 amide bonds. The van der Waals surface area contributed by atoms with Gasteiger partial charge in [-0.25, -0.2) is 9.97 Å². The van der Waals surface area contributed by atoms with Gasteiger partial charge in [0.05, 0.1) is 27.7 Å². The van der Waals surface area contributed by atoms with E-state index in [4.69, 9.17) is 56.4 Å². The third-order valence-electron chi connectivity index (χ3n) is 9.53. The zero-order valence-electron chi connectivity index (χ0n) is 28.4. The van der Waals surface area contributed by atoms with Crippen LogP contribution >= 0.6 is 46.4 Å². The standard InChI is InChI=1S/C44H25Cl4N5O2/c45-28-7-1-4-24(20-28)41-32-11-13-34(49-32)42(25-5-2-8-29(46)21-25)36-15-17-38(51-36)44(27-10-19-40(53(54)55)31(48)23-27)39-18-16-37(52-39)43(35-14-12-33(41)50-35)26-6-3-9-30(47)22-26/h1-23,49,52H. The zero-order chi connectivity index (χ0) is 37.8. The Labute approximate surface area is 334 Å². The molecular formula is C44H25Cl4N5O2. The Morgan fingerprint density at radius 3 is 1.11 bits per heavy atom. The van der Waals surface area contributed by atoms with Crippen molar-refractivity contribution in [2.75, 3.05) is 0 Å². The van der Waals surface area contributed by atoms with E-state index >= 15 is 0 Å². The molecule has 7 nitrogen and oxygen atoms in total. The number of benzene rings is 4. The molecule has 2 N–H and O–H groups in total. The first-order valence-corrected chi connectivity index (χ1v) is 18.6. The minimum atomic E-state index is -0.499. The predicted molar refractivity (Wildman–Crippen MR) is 227 cm³/mol. The Balaban J connectivity index is 1.48. The Morgan fingerprint density at radius 2 is 0.800 bits per heavy atom. The molecule has 2 aliphatic heterocycles. The number of aromatic nitrogens is 4. The van der Waals surface area contributed by atoms with E-state index in [0.717, 1.165) is 55.6 Å². The first-order valence-electron chi connectivity index (χ1n) is 17.1. The van der Waals surface area contributed by atoms with E-state index in [9.17, 15) is 10.1 Å². The molecule has 0 unspecified atom stereocenters. The van der Waals surface area contributed by atoms with E-state index in [-0.39, 0.29) is 10.7 Å². The fourth-order valence-corrected chi connectivity index (χ4v) is 7.98. The molecule has 5 heterocycles. The maximum Gasteiger partial charge on any atom is 0.287 e. The normalized spacial score (nSPS) is 12.0. The average molecular weight is 798 g/mol. The second-order valence-electron chi connectivity index (χ2n) is 13.0. The van der Waals surface area contributed by atoms with Gasteiger partial charge in [-0.15, -0.1) is 0 Å². The van der Waals surface area contributed by atoms with E-state index in [1.807, 2.05) is 121 Å². The molecule has 0 spiro atoms. The summed E-state index contributed by atoms with van der Waals surface area (Å²) in [5.41, 5.74) is 12.1. The van der Waals surface area contributed by atoms with Gasteiger partial charge in [0.15, 0.2) is 0 Å². The van der Waals surface area contributed by atoms with Crippen molar-refractivity contribution >= 4 is 98.5 Å². The average Bonchev–Trinajstić information content (AvgIpc) is 3.99. The highest BCUT2D eigenvalue weighted by atomic mass is 35.5. The highest BCUT2D eigenvalue weighted by Crippen LogP contribution is 2.40. The molecule has 4 aromatic carbocycles. The van der Waals surface area contributed by atoms with Gasteiger partial charge in [0.2, 0.25) is 0 Å². The highest BCUT2D eigenvalue weighted by molar-refractivity contribution is 6.33. The molecule has 0 radical (unpaired) electrons. The molecule has 7 aromatic rings. The summed E-state index contributed by atoms with van der Waals surface area (Å²) in [4.78, 5) is 29.1. The van der Waals surface area contributed by atoms with Crippen LogP contribution in [0.25, 0.3) is 90.9 Å². The lowest BCUT2D eigenvalue weighted by molar-refractivity contribution is -0.384. The molecule has 0 saturated carbocycles. The number of rotatable bonds is 5. The summed E-state index contributed by atoms with van der Waals surface area (Å²) in [5, 5.41) is 13.5. The summed E-state index contributed by atoms with van der Waals surface area (Å²) in [5.74, 6) is 0. The van der Waals surface area contributed by atoms with Crippen molar-refractivity contribution < 1.29 is 4.92 Å². The van der Waals surface area contributed by atoms with Crippen molar-refractivity contribution in [3.63, 3.8) is 0 Å². The van der Waals surface area contributed by atoms with Crippen molar-refractivity contribution in [1.82, 2.24) is 19.9 Å². The number of H-pyrrole nitrogens is 2. The maximum absolute atomic E-state index is 11.7. The number of nitrogens with one attached hydrogen (secondary N) is 2. The van der Waals surface area contributed by atoms with Crippen LogP contribution in [0.15, 0.2) is 115 Å². The third kappa shape index (κ3) is 6.51. The van der Waals surface area contributed by atoms with Crippen LogP contribution in [0.1, 0.15) is 22.8 Å². The monoisotopic (exact) mass is 795 g/mol. The van der Waals surface area contributed by atoms with Crippen molar-refractivity contribution in [1.29, 1.82) is 0 Å². The Kier molecular flexibility index (Phi) is 8.87. The van der Waals surface area contributed by atoms with Crippen LogP contribution in [0.5, 0.6) is 0 Å². The number of fused-ring (bicyclic) bond motifs is 8. The van der Waals surface area contributed by atoms with Crippen molar-refractivity contribution in [2.45, 2.75) is 0 Å². The highest BCUT2D eigenvalue weighted by Gasteiger charge is 2.21. The van der Waals surface area contributed by atoms with Crippen LogP contribution in [-0.4, -0.2) is 24.9 Å². The quantitative estimate of drug-likeness (QED) is 0.134. The number of hydrogen-bond acceptors (Lipinski definition) is 4. The number of hydrogen-bond donors (Lipinski definition) is 2. The van der Waals surface area contributed by atoms with Gasteiger partial charge >= 0.3 is 0 Å². The van der Waals surface area contributed by atoms with Crippen molar-refractivity contribution in [2.24, 2.45) is 0 Å². The van der Waals surface area contributed by atoms with Gasteiger partial charge in [-0.2, -0.15) is 0 Å². The van der Waals surface area contributed by atoms with Gasteiger partial charge in [-0.05, 0) is 119 Å². The van der Waals surface area contributed by atoms with Gasteiger partial charge in [-0.3, -0.25) is 10.1 Å². The number of halogens is 4. The number of nitro groups is 1. The van der Waals surface area contributed by atoms with Crippen LogP contribution in [-0.2, 0) is 0 Å². The molecule has 3 aromatic heterocycles. The Hall–Kier alpha value is -5.96. The molecule has 0 saturated heterocycles. The molecule has 11 heteroatoms. The molecular weight excluding hydrogens is 772 g/mol. The summed E-state index contributed by atoms with van der Waals surface area (Å²) >= 11 is 26.2. The smallest absolute Gasteiger partial charge is 0.287 e. The van der Waals surface area contributed by atoms with Gasteiger partial charge in [0, 0.05) is 65.5 Å². The van der Waals surface area contributed by atoms with E-state index in [1.54, 1.807) is 12.1 Å². The minimum Gasteiger partial charge on any atom is -0.354 e. The molecule has 55 heavy (non-hydrogen) atoms. The van der Waals surface area contributed by atoms with Gasteiger partial charge in [-0.1, -0.05) is 82.8 Å². The second-order valence-corrected chi connectivity index (χ2v) is 14.7. The number of nitrogens with zero attached hydrogens (tertiary/aromatic N) is 3. The SMILES string of the molecule is O=[N+]([O-])c1ccc(-c2c3nc(c(-c4cccc(Cl)c4)c4ccc([nH]4)c(-c4cccc(Cl)c4)c4nc(c(-c5cccc(Cl)c5)c5ccc2[nH]5)C=C4)C=C3)cc1Cl. The zero-order valence-corrected chi connectivity index (χ0v) is 31.5. The Morgan fingerprint density at radius 1 is 0.455 bits per heavy atom. The summed E-state index contributed by atoms with van der Waals surface area (Å²) in [6.45, 7) is 0. The minimum absolute atomic E-state index is 0.0113. The number of nitro benzene ring substituents is 1. The van der Waals surface area contributed by atoms with Gasteiger partial charge in [0.25, 0.3) is 5.69 Å². The van der Waals surface area contributed by atoms with Crippen molar-refractivity contribution in [3.8, 4) is 44.5 Å². The summed E-state index contributed by atoms with van der Waals surface area (Å²) in [7, 11) is 0. The Bertz CT molecular complexity index is 2940. The van der Waals surface area contributed by atoms with Crippen LogP contribution in [0.3, 0.4) is 0 Å². The molecule has 9 rings (SSSR count). The molecule has 2 aliphatic rings. The van der Waals surface area contributed by atoms with Gasteiger partial charge < -0.3 is 9.97 Å². The lowest BCUT2D eigenvalue weighted by Gasteiger charge is -2.08.